The van der Waals surface area contributed by atoms with E-state index in [2.05, 4.69) is 20.0 Å². The molecule has 104 valence electrons. The van der Waals surface area contributed by atoms with Crippen molar-refractivity contribution in [3.05, 3.63) is 47.7 Å². The first-order valence-corrected chi connectivity index (χ1v) is 5.33. The fourth-order valence-corrected chi connectivity index (χ4v) is 1.38. The molecule has 0 fully saturated rings. The first-order chi connectivity index (χ1) is 9.51. The molecule has 1 N–H and O–H groups in total. The molecule has 0 saturated heterocycles. The van der Waals surface area contributed by atoms with E-state index in [1.807, 2.05) is 0 Å². The first kappa shape index (κ1) is 13.8. The maximum Gasteiger partial charge on any atom is 0.358 e. The molecule has 0 unspecified atom stereocenters. The summed E-state index contributed by atoms with van der Waals surface area (Å²) in [5.41, 5.74) is -0.0592. The number of aromatic nitrogens is 2. The zero-order valence-corrected chi connectivity index (χ0v) is 10.2. The summed E-state index contributed by atoms with van der Waals surface area (Å²) in [5, 5.41) is 2.52. The topological polar surface area (TPSA) is 64.1 Å². The van der Waals surface area contributed by atoms with Crippen LogP contribution in [0.1, 0.15) is 10.5 Å². The number of nitrogens with one attached hydrogen (secondary N) is 1. The molecule has 0 bridgehead atoms. The van der Waals surface area contributed by atoms with Crippen LogP contribution in [0.3, 0.4) is 0 Å². The largest absolute Gasteiger partial charge is 0.464 e. The van der Waals surface area contributed by atoms with Gasteiger partial charge in [-0.15, -0.1) is 0 Å². The predicted molar refractivity (Wildman–Crippen MR) is 63.0 cm³/mol. The molecule has 0 saturated carbocycles. The van der Waals surface area contributed by atoms with E-state index in [0.29, 0.717) is 0 Å². The van der Waals surface area contributed by atoms with Gasteiger partial charge in [0.15, 0.2) is 23.1 Å². The summed E-state index contributed by atoms with van der Waals surface area (Å²) in [5.74, 6) is -4.74. The highest BCUT2D eigenvalue weighted by Crippen LogP contribution is 2.20. The lowest BCUT2D eigenvalue weighted by Crippen LogP contribution is -2.06. The number of benzene rings is 1. The minimum absolute atomic E-state index is 0.0190. The van der Waals surface area contributed by atoms with Crippen LogP contribution in [0, 0.1) is 17.5 Å². The van der Waals surface area contributed by atoms with Crippen LogP contribution >= 0.6 is 0 Å². The molecule has 20 heavy (non-hydrogen) atoms. The number of carbonyl (C=O) groups is 1. The molecule has 2 rings (SSSR count). The number of methoxy groups -OCH3 is 1. The van der Waals surface area contributed by atoms with E-state index in [-0.39, 0.29) is 17.2 Å². The summed E-state index contributed by atoms with van der Waals surface area (Å²) in [7, 11) is 1.19. The van der Waals surface area contributed by atoms with Gasteiger partial charge >= 0.3 is 5.97 Å². The lowest BCUT2D eigenvalue weighted by molar-refractivity contribution is 0.0593. The van der Waals surface area contributed by atoms with Crippen molar-refractivity contribution >= 4 is 17.5 Å². The van der Waals surface area contributed by atoms with Crippen molar-refractivity contribution in [2.45, 2.75) is 0 Å². The molecule has 0 amide bonds. The molecule has 5 nitrogen and oxygen atoms in total. The van der Waals surface area contributed by atoms with Gasteiger partial charge in [0.1, 0.15) is 5.82 Å². The Hall–Kier alpha value is -2.64. The first-order valence-electron chi connectivity index (χ1n) is 5.33. The molecule has 0 radical (unpaired) electrons. The van der Waals surface area contributed by atoms with Crippen molar-refractivity contribution < 1.29 is 22.7 Å². The SMILES string of the molecule is COC(=O)c1cnc(Nc2cc(F)c(F)c(F)c2)cn1. The molecule has 0 aliphatic rings. The van der Waals surface area contributed by atoms with E-state index < -0.39 is 23.4 Å². The van der Waals surface area contributed by atoms with Gasteiger partial charge in [0.2, 0.25) is 0 Å². The number of ether oxygens (including phenoxy) is 1. The normalized spacial score (nSPS) is 10.2. The van der Waals surface area contributed by atoms with E-state index in [4.69, 9.17) is 0 Å². The van der Waals surface area contributed by atoms with Crippen LogP contribution in [0.15, 0.2) is 24.5 Å². The van der Waals surface area contributed by atoms with E-state index in [1.54, 1.807) is 0 Å². The Morgan fingerprint density at radius 2 is 1.80 bits per heavy atom. The average molecular weight is 283 g/mol. The van der Waals surface area contributed by atoms with Crippen LogP contribution in [-0.4, -0.2) is 23.0 Å². The van der Waals surface area contributed by atoms with Gasteiger partial charge in [-0.25, -0.2) is 27.9 Å². The number of esters is 1. The van der Waals surface area contributed by atoms with Crippen LogP contribution in [0.25, 0.3) is 0 Å². The third-order valence-corrected chi connectivity index (χ3v) is 2.30. The second-order valence-corrected chi connectivity index (χ2v) is 3.66. The molecule has 0 atom stereocenters. The van der Waals surface area contributed by atoms with Gasteiger partial charge in [0.05, 0.1) is 19.5 Å². The second-order valence-electron chi connectivity index (χ2n) is 3.66. The van der Waals surface area contributed by atoms with Crippen molar-refractivity contribution in [1.29, 1.82) is 0 Å². The van der Waals surface area contributed by atoms with Crippen LogP contribution < -0.4 is 5.32 Å². The number of anilines is 2. The second kappa shape index (κ2) is 5.55. The van der Waals surface area contributed by atoms with Crippen LogP contribution in [0.2, 0.25) is 0 Å². The number of carbonyl (C=O) groups excluding carboxylic acids is 1. The Morgan fingerprint density at radius 1 is 1.15 bits per heavy atom. The molecule has 0 aliphatic heterocycles. The smallest absolute Gasteiger partial charge is 0.358 e. The fraction of sp³-hybridized carbons (Fsp3) is 0.0833. The van der Waals surface area contributed by atoms with Gasteiger partial charge in [-0.2, -0.15) is 0 Å². The number of hydrogen-bond donors (Lipinski definition) is 1. The molecule has 0 aliphatic carbocycles. The number of nitrogens with zero attached hydrogens (tertiary/aromatic N) is 2. The summed E-state index contributed by atoms with van der Waals surface area (Å²) < 4.78 is 43.2. The molecular formula is C12H8F3N3O2. The highest BCUT2D eigenvalue weighted by atomic mass is 19.2. The minimum atomic E-state index is -1.55. The predicted octanol–water partition coefficient (Wildman–Crippen LogP) is 2.42. The highest BCUT2D eigenvalue weighted by Gasteiger charge is 2.11. The quantitative estimate of drug-likeness (QED) is 0.692. The van der Waals surface area contributed by atoms with Gasteiger partial charge in [0, 0.05) is 17.8 Å². The summed E-state index contributed by atoms with van der Waals surface area (Å²) in [4.78, 5) is 18.7. The molecular weight excluding hydrogens is 275 g/mol. The van der Waals surface area contributed by atoms with Gasteiger partial charge in [-0.05, 0) is 0 Å². The highest BCUT2D eigenvalue weighted by molar-refractivity contribution is 5.86. The van der Waals surface area contributed by atoms with Crippen molar-refractivity contribution in [3.8, 4) is 0 Å². The van der Waals surface area contributed by atoms with Crippen LogP contribution in [-0.2, 0) is 4.74 Å². The Morgan fingerprint density at radius 3 is 2.30 bits per heavy atom. The Balaban J connectivity index is 2.20. The summed E-state index contributed by atoms with van der Waals surface area (Å²) >= 11 is 0. The zero-order valence-electron chi connectivity index (χ0n) is 10.2. The third kappa shape index (κ3) is 2.85. The number of halogens is 3. The molecule has 1 aromatic carbocycles. The Bertz CT molecular complexity index is 624. The summed E-state index contributed by atoms with van der Waals surface area (Å²) in [6, 6.07) is 1.54. The van der Waals surface area contributed by atoms with Crippen molar-refractivity contribution in [2.24, 2.45) is 0 Å². The van der Waals surface area contributed by atoms with E-state index in [9.17, 15) is 18.0 Å². The summed E-state index contributed by atoms with van der Waals surface area (Å²) in [6.07, 6.45) is 2.30. The van der Waals surface area contributed by atoms with Crippen LogP contribution in [0.4, 0.5) is 24.7 Å². The van der Waals surface area contributed by atoms with E-state index in [1.165, 1.54) is 13.3 Å². The van der Waals surface area contributed by atoms with E-state index in [0.717, 1.165) is 18.3 Å². The minimum Gasteiger partial charge on any atom is -0.464 e. The Kier molecular flexibility index (Phi) is 3.83. The molecule has 1 heterocycles. The van der Waals surface area contributed by atoms with Gasteiger partial charge in [-0.1, -0.05) is 0 Å². The van der Waals surface area contributed by atoms with E-state index >= 15 is 0 Å². The van der Waals surface area contributed by atoms with Gasteiger partial charge in [0.25, 0.3) is 0 Å². The van der Waals surface area contributed by atoms with Gasteiger partial charge < -0.3 is 10.1 Å². The third-order valence-electron chi connectivity index (χ3n) is 2.30. The van der Waals surface area contributed by atoms with Crippen molar-refractivity contribution in [1.82, 2.24) is 9.97 Å². The lowest BCUT2D eigenvalue weighted by atomic mass is 10.3. The standard InChI is InChI=1S/C12H8F3N3O2/c1-20-12(19)9-4-17-10(5-16-9)18-6-2-7(13)11(15)8(14)3-6/h2-5H,1H3,(H,17,18). The maximum atomic E-state index is 13.0. The van der Waals surface area contributed by atoms with Crippen molar-refractivity contribution in [3.63, 3.8) is 0 Å². The molecule has 0 spiro atoms. The van der Waals surface area contributed by atoms with Crippen molar-refractivity contribution in [2.75, 3.05) is 12.4 Å². The maximum absolute atomic E-state index is 13.0. The summed E-state index contributed by atoms with van der Waals surface area (Å²) in [6.45, 7) is 0. The number of rotatable bonds is 3. The fourth-order valence-electron chi connectivity index (χ4n) is 1.38. The van der Waals surface area contributed by atoms with Crippen LogP contribution in [0.5, 0.6) is 0 Å². The Labute approximate surface area is 111 Å². The number of hydrogen-bond acceptors (Lipinski definition) is 5. The monoisotopic (exact) mass is 283 g/mol. The lowest BCUT2D eigenvalue weighted by Gasteiger charge is -2.06. The average Bonchev–Trinajstić information content (AvgIpc) is 2.44. The van der Waals surface area contributed by atoms with Gasteiger partial charge in [-0.3, -0.25) is 0 Å². The zero-order chi connectivity index (χ0) is 14.7. The molecule has 8 heteroatoms. The molecule has 1 aromatic heterocycles. The molecule has 2 aromatic rings.